The summed E-state index contributed by atoms with van der Waals surface area (Å²) in [5, 5.41) is 6.19. The van der Waals surface area contributed by atoms with Crippen LogP contribution in [0.15, 0.2) is 36.5 Å². The average Bonchev–Trinajstić information content (AvgIpc) is 2.63. The highest BCUT2D eigenvalue weighted by Crippen LogP contribution is 2.20. The SMILES string of the molecule is CCOc1cccc(Nc2nccc(C(=O)NC3CCCCC3)n2)c1. The van der Waals surface area contributed by atoms with Crippen LogP contribution in [0.1, 0.15) is 49.5 Å². The fraction of sp³-hybridized carbons (Fsp3) is 0.421. The molecular weight excluding hydrogens is 316 g/mol. The number of hydrogen-bond acceptors (Lipinski definition) is 5. The van der Waals surface area contributed by atoms with Crippen LogP contribution >= 0.6 is 0 Å². The van der Waals surface area contributed by atoms with E-state index in [1.54, 1.807) is 12.3 Å². The van der Waals surface area contributed by atoms with Gasteiger partial charge in [0.05, 0.1) is 6.61 Å². The summed E-state index contributed by atoms with van der Waals surface area (Å²) in [7, 11) is 0. The van der Waals surface area contributed by atoms with E-state index in [0.29, 0.717) is 18.2 Å². The van der Waals surface area contributed by atoms with Crippen molar-refractivity contribution in [1.29, 1.82) is 0 Å². The van der Waals surface area contributed by atoms with Crippen LogP contribution in [0.4, 0.5) is 11.6 Å². The van der Waals surface area contributed by atoms with E-state index in [4.69, 9.17) is 4.74 Å². The summed E-state index contributed by atoms with van der Waals surface area (Å²) in [4.78, 5) is 20.9. The number of carbonyl (C=O) groups excluding carboxylic acids is 1. The molecule has 0 atom stereocenters. The van der Waals surface area contributed by atoms with Gasteiger partial charge in [-0.15, -0.1) is 0 Å². The predicted molar refractivity (Wildman–Crippen MR) is 97.3 cm³/mol. The number of anilines is 2. The van der Waals surface area contributed by atoms with Crippen molar-refractivity contribution < 1.29 is 9.53 Å². The lowest BCUT2D eigenvalue weighted by molar-refractivity contribution is 0.0922. The largest absolute Gasteiger partial charge is 0.494 e. The van der Waals surface area contributed by atoms with Crippen molar-refractivity contribution in [1.82, 2.24) is 15.3 Å². The molecule has 0 spiro atoms. The number of aromatic nitrogens is 2. The van der Waals surface area contributed by atoms with Crippen LogP contribution in [-0.2, 0) is 0 Å². The molecule has 1 amide bonds. The number of hydrogen-bond donors (Lipinski definition) is 2. The normalized spacial score (nSPS) is 14.8. The molecule has 25 heavy (non-hydrogen) atoms. The zero-order chi connectivity index (χ0) is 17.5. The molecule has 3 rings (SSSR count). The van der Waals surface area contributed by atoms with E-state index in [-0.39, 0.29) is 11.9 Å². The lowest BCUT2D eigenvalue weighted by atomic mass is 9.95. The Morgan fingerprint density at radius 1 is 1.24 bits per heavy atom. The first-order valence-electron chi connectivity index (χ1n) is 8.88. The van der Waals surface area contributed by atoms with Crippen LogP contribution in [0.5, 0.6) is 5.75 Å². The van der Waals surface area contributed by atoms with E-state index in [1.165, 1.54) is 19.3 Å². The Morgan fingerprint density at radius 2 is 2.08 bits per heavy atom. The van der Waals surface area contributed by atoms with Crippen LogP contribution in [0.2, 0.25) is 0 Å². The highest BCUT2D eigenvalue weighted by Gasteiger charge is 2.17. The van der Waals surface area contributed by atoms with Gasteiger partial charge in [0.15, 0.2) is 0 Å². The Balaban J connectivity index is 1.66. The van der Waals surface area contributed by atoms with Gasteiger partial charge in [0, 0.05) is 24.0 Å². The number of ether oxygens (including phenoxy) is 1. The fourth-order valence-electron chi connectivity index (χ4n) is 3.01. The second kappa shape index (κ2) is 8.46. The third-order valence-electron chi connectivity index (χ3n) is 4.23. The van der Waals surface area contributed by atoms with Crippen LogP contribution in [0.3, 0.4) is 0 Å². The van der Waals surface area contributed by atoms with Crippen molar-refractivity contribution in [2.75, 3.05) is 11.9 Å². The van der Waals surface area contributed by atoms with Crippen molar-refractivity contribution in [3.63, 3.8) is 0 Å². The van der Waals surface area contributed by atoms with Gasteiger partial charge in [-0.05, 0) is 38.0 Å². The zero-order valence-corrected chi connectivity index (χ0v) is 14.5. The van der Waals surface area contributed by atoms with Crippen molar-refractivity contribution >= 4 is 17.5 Å². The summed E-state index contributed by atoms with van der Waals surface area (Å²) >= 11 is 0. The van der Waals surface area contributed by atoms with Crippen LogP contribution < -0.4 is 15.4 Å². The summed E-state index contributed by atoms with van der Waals surface area (Å²) < 4.78 is 5.49. The van der Waals surface area contributed by atoms with Gasteiger partial charge in [-0.1, -0.05) is 25.3 Å². The lowest BCUT2D eigenvalue weighted by Crippen LogP contribution is -2.36. The molecule has 0 saturated heterocycles. The maximum absolute atomic E-state index is 12.4. The van der Waals surface area contributed by atoms with E-state index < -0.39 is 0 Å². The quantitative estimate of drug-likeness (QED) is 0.839. The molecule has 132 valence electrons. The molecule has 6 heteroatoms. The summed E-state index contributed by atoms with van der Waals surface area (Å²) in [5.41, 5.74) is 1.19. The maximum Gasteiger partial charge on any atom is 0.270 e. The van der Waals surface area contributed by atoms with Gasteiger partial charge in [-0.3, -0.25) is 4.79 Å². The smallest absolute Gasteiger partial charge is 0.270 e. The second-order valence-electron chi connectivity index (χ2n) is 6.16. The Hall–Kier alpha value is -2.63. The molecule has 0 aliphatic heterocycles. The monoisotopic (exact) mass is 340 g/mol. The Labute approximate surface area is 148 Å². The zero-order valence-electron chi connectivity index (χ0n) is 14.5. The first kappa shape index (κ1) is 17.2. The summed E-state index contributed by atoms with van der Waals surface area (Å²) in [6, 6.07) is 9.47. The molecule has 1 aromatic heterocycles. The lowest BCUT2D eigenvalue weighted by Gasteiger charge is -2.22. The molecule has 2 aromatic rings. The van der Waals surface area contributed by atoms with Crippen molar-refractivity contribution in [3.8, 4) is 5.75 Å². The van der Waals surface area contributed by atoms with Crippen molar-refractivity contribution in [2.45, 2.75) is 45.1 Å². The summed E-state index contributed by atoms with van der Waals surface area (Å²) in [5.74, 6) is 1.03. The van der Waals surface area contributed by atoms with Gasteiger partial charge in [0.25, 0.3) is 5.91 Å². The molecule has 0 bridgehead atoms. The van der Waals surface area contributed by atoms with Gasteiger partial charge in [-0.25, -0.2) is 9.97 Å². The minimum Gasteiger partial charge on any atom is -0.494 e. The van der Waals surface area contributed by atoms with E-state index in [0.717, 1.165) is 24.3 Å². The molecule has 0 radical (unpaired) electrons. The van der Waals surface area contributed by atoms with Gasteiger partial charge < -0.3 is 15.4 Å². The van der Waals surface area contributed by atoms with E-state index in [1.807, 2.05) is 31.2 Å². The molecule has 1 aliphatic carbocycles. The van der Waals surface area contributed by atoms with E-state index in [9.17, 15) is 4.79 Å². The molecule has 2 N–H and O–H groups in total. The Bertz CT molecular complexity index is 714. The van der Waals surface area contributed by atoms with Crippen LogP contribution in [-0.4, -0.2) is 28.5 Å². The first-order chi connectivity index (χ1) is 12.2. The standard InChI is InChI=1S/C19H24N4O2/c1-2-25-16-10-6-9-15(13-16)22-19-20-12-11-17(23-19)18(24)21-14-7-4-3-5-8-14/h6,9-14H,2-5,7-8H2,1H3,(H,21,24)(H,20,22,23). The second-order valence-corrected chi connectivity index (χ2v) is 6.16. The average molecular weight is 340 g/mol. The molecule has 6 nitrogen and oxygen atoms in total. The first-order valence-corrected chi connectivity index (χ1v) is 8.88. The predicted octanol–water partition coefficient (Wildman–Crippen LogP) is 3.68. The minimum atomic E-state index is -0.139. The van der Waals surface area contributed by atoms with Gasteiger partial charge in [0.1, 0.15) is 11.4 Å². The van der Waals surface area contributed by atoms with Gasteiger partial charge in [-0.2, -0.15) is 0 Å². The molecule has 0 unspecified atom stereocenters. The highest BCUT2D eigenvalue weighted by molar-refractivity contribution is 5.92. The molecule has 1 aliphatic rings. The van der Waals surface area contributed by atoms with Crippen molar-refractivity contribution in [3.05, 3.63) is 42.2 Å². The molecule has 1 heterocycles. The summed E-state index contributed by atoms with van der Waals surface area (Å²) in [6.07, 6.45) is 7.31. The number of nitrogens with one attached hydrogen (secondary N) is 2. The van der Waals surface area contributed by atoms with Gasteiger partial charge >= 0.3 is 0 Å². The Kier molecular flexibility index (Phi) is 5.82. The molecule has 1 saturated carbocycles. The Morgan fingerprint density at radius 3 is 2.88 bits per heavy atom. The molecule has 1 aromatic carbocycles. The number of benzene rings is 1. The highest BCUT2D eigenvalue weighted by atomic mass is 16.5. The number of nitrogens with zero attached hydrogens (tertiary/aromatic N) is 2. The van der Waals surface area contributed by atoms with E-state index >= 15 is 0 Å². The third kappa shape index (κ3) is 4.92. The number of rotatable bonds is 6. The third-order valence-corrected chi connectivity index (χ3v) is 4.23. The van der Waals surface area contributed by atoms with E-state index in [2.05, 4.69) is 20.6 Å². The topological polar surface area (TPSA) is 76.1 Å². The van der Waals surface area contributed by atoms with Gasteiger partial charge in [0.2, 0.25) is 5.95 Å². The minimum absolute atomic E-state index is 0.139. The number of amides is 1. The fourth-order valence-corrected chi connectivity index (χ4v) is 3.01. The summed E-state index contributed by atoms with van der Waals surface area (Å²) in [6.45, 7) is 2.55. The van der Waals surface area contributed by atoms with Crippen molar-refractivity contribution in [2.24, 2.45) is 0 Å². The molecular formula is C19H24N4O2. The maximum atomic E-state index is 12.4. The van der Waals surface area contributed by atoms with Crippen LogP contribution in [0.25, 0.3) is 0 Å². The van der Waals surface area contributed by atoms with Crippen LogP contribution in [0, 0.1) is 0 Å². The number of carbonyl (C=O) groups is 1. The molecule has 1 fully saturated rings.